The van der Waals surface area contributed by atoms with Crippen molar-refractivity contribution < 1.29 is 9.59 Å². The van der Waals surface area contributed by atoms with Crippen molar-refractivity contribution in [3.63, 3.8) is 0 Å². The fraction of sp³-hybridized carbons (Fsp3) is 0.714. The van der Waals surface area contributed by atoms with Gasteiger partial charge in [0.15, 0.2) is 0 Å². The first-order chi connectivity index (χ1) is 5.13. The molecule has 4 N–H and O–H groups in total. The summed E-state index contributed by atoms with van der Waals surface area (Å²) in [6.45, 7) is 0. The minimum absolute atomic E-state index is 0.116. The van der Waals surface area contributed by atoms with E-state index in [4.69, 9.17) is 11.5 Å². The summed E-state index contributed by atoms with van der Waals surface area (Å²) in [5, 5.41) is 0. The molecule has 1 rings (SSSR count). The van der Waals surface area contributed by atoms with Crippen LogP contribution in [0.15, 0.2) is 0 Å². The lowest BCUT2D eigenvalue weighted by Crippen LogP contribution is -2.42. The maximum Gasteiger partial charge on any atom is 0.230 e. The Morgan fingerprint density at radius 2 is 1.64 bits per heavy atom. The molecule has 0 aromatic rings. The zero-order valence-corrected chi connectivity index (χ0v) is 6.25. The van der Waals surface area contributed by atoms with Gasteiger partial charge in [0, 0.05) is 0 Å². The van der Waals surface area contributed by atoms with Crippen LogP contribution in [0.25, 0.3) is 0 Å². The van der Waals surface area contributed by atoms with Gasteiger partial charge in [0.2, 0.25) is 11.8 Å². The third-order valence-electron chi connectivity index (χ3n) is 2.23. The fourth-order valence-electron chi connectivity index (χ4n) is 1.38. The SMILES string of the molecule is NC(=O)C(C(N)=O)C1CCC1. The van der Waals surface area contributed by atoms with Crippen LogP contribution in [0.1, 0.15) is 19.3 Å². The normalized spacial score (nSPS) is 17.9. The lowest BCUT2D eigenvalue weighted by atomic mass is 9.75. The van der Waals surface area contributed by atoms with Crippen LogP contribution in [0.3, 0.4) is 0 Å². The Labute approximate surface area is 64.9 Å². The van der Waals surface area contributed by atoms with Crippen molar-refractivity contribution in [2.75, 3.05) is 0 Å². The summed E-state index contributed by atoms with van der Waals surface area (Å²) in [4.78, 5) is 21.4. The van der Waals surface area contributed by atoms with Crippen LogP contribution in [-0.2, 0) is 9.59 Å². The topological polar surface area (TPSA) is 86.2 Å². The predicted octanol–water partition coefficient (Wildman–Crippen LogP) is -0.627. The third-order valence-corrected chi connectivity index (χ3v) is 2.23. The van der Waals surface area contributed by atoms with Gasteiger partial charge in [-0.1, -0.05) is 6.42 Å². The van der Waals surface area contributed by atoms with E-state index in [0.29, 0.717) is 0 Å². The molecule has 1 aliphatic carbocycles. The molecule has 62 valence electrons. The minimum atomic E-state index is -0.733. The minimum Gasteiger partial charge on any atom is -0.369 e. The van der Waals surface area contributed by atoms with Crippen molar-refractivity contribution in [1.29, 1.82) is 0 Å². The Balaban J connectivity index is 2.58. The van der Waals surface area contributed by atoms with Crippen molar-refractivity contribution >= 4 is 11.8 Å². The fourth-order valence-corrected chi connectivity index (χ4v) is 1.38. The van der Waals surface area contributed by atoms with Crippen molar-refractivity contribution in [3.8, 4) is 0 Å². The van der Waals surface area contributed by atoms with E-state index in [1.807, 2.05) is 0 Å². The second-order valence-corrected chi connectivity index (χ2v) is 2.97. The molecule has 4 nitrogen and oxygen atoms in total. The standard InChI is InChI=1S/C7H12N2O2/c8-6(10)5(7(9)11)4-2-1-3-4/h4-5H,1-3H2,(H2,8,10)(H2,9,11). The molecule has 11 heavy (non-hydrogen) atoms. The highest BCUT2D eigenvalue weighted by Crippen LogP contribution is 2.33. The molecule has 1 fully saturated rings. The number of primary amides is 2. The molecule has 2 amide bonds. The Kier molecular flexibility index (Phi) is 2.12. The van der Waals surface area contributed by atoms with E-state index in [-0.39, 0.29) is 5.92 Å². The van der Waals surface area contributed by atoms with Gasteiger partial charge in [-0.05, 0) is 18.8 Å². The maximum atomic E-state index is 10.7. The van der Waals surface area contributed by atoms with Crippen molar-refractivity contribution in [1.82, 2.24) is 0 Å². The van der Waals surface area contributed by atoms with Crippen LogP contribution in [0.5, 0.6) is 0 Å². The summed E-state index contributed by atoms with van der Waals surface area (Å²) in [7, 11) is 0. The zero-order chi connectivity index (χ0) is 8.43. The van der Waals surface area contributed by atoms with Gasteiger partial charge in [0.25, 0.3) is 0 Å². The van der Waals surface area contributed by atoms with Crippen molar-refractivity contribution in [2.45, 2.75) is 19.3 Å². The van der Waals surface area contributed by atoms with E-state index in [1.165, 1.54) is 0 Å². The average Bonchev–Trinajstić information content (AvgIpc) is 1.75. The van der Waals surface area contributed by atoms with Gasteiger partial charge in [-0.25, -0.2) is 0 Å². The summed E-state index contributed by atoms with van der Waals surface area (Å²) in [6, 6.07) is 0. The van der Waals surface area contributed by atoms with Gasteiger partial charge in [0.1, 0.15) is 5.92 Å². The second-order valence-electron chi connectivity index (χ2n) is 2.97. The van der Waals surface area contributed by atoms with E-state index in [2.05, 4.69) is 0 Å². The second kappa shape index (κ2) is 2.90. The number of nitrogens with two attached hydrogens (primary N) is 2. The molecule has 0 radical (unpaired) electrons. The van der Waals surface area contributed by atoms with Crippen molar-refractivity contribution in [2.24, 2.45) is 23.3 Å². The van der Waals surface area contributed by atoms with Crippen LogP contribution in [0.2, 0.25) is 0 Å². The van der Waals surface area contributed by atoms with Crippen LogP contribution >= 0.6 is 0 Å². The zero-order valence-electron chi connectivity index (χ0n) is 6.25. The molecule has 0 atom stereocenters. The van der Waals surface area contributed by atoms with Gasteiger partial charge in [0.05, 0.1) is 0 Å². The van der Waals surface area contributed by atoms with Gasteiger partial charge >= 0.3 is 0 Å². The number of amides is 2. The first-order valence-corrected chi connectivity index (χ1v) is 3.71. The molecule has 0 heterocycles. The Hall–Kier alpha value is -1.06. The molecule has 0 saturated heterocycles. The smallest absolute Gasteiger partial charge is 0.230 e. The van der Waals surface area contributed by atoms with Gasteiger partial charge < -0.3 is 11.5 Å². The summed E-state index contributed by atoms with van der Waals surface area (Å²) in [5.41, 5.74) is 10.0. The highest BCUT2D eigenvalue weighted by atomic mass is 16.2. The molecule has 1 saturated carbocycles. The predicted molar refractivity (Wildman–Crippen MR) is 39.2 cm³/mol. The number of carbonyl (C=O) groups excluding carboxylic acids is 2. The largest absolute Gasteiger partial charge is 0.369 e. The number of hydrogen-bond acceptors (Lipinski definition) is 2. The lowest BCUT2D eigenvalue weighted by Gasteiger charge is -2.29. The summed E-state index contributed by atoms with van der Waals surface area (Å²) in [6.07, 6.45) is 2.87. The first kappa shape index (κ1) is 8.04. The van der Waals surface area contributed by atoms with Gasteiger partial charge in [-0.2, -0.15) is 0 Å². The first-order valence-electron chi connectivity index (χ1n) is 3.71. The molecule has 0 aromatic heterocycles. The number of rotatable bonds is 3. The average molecular weight is 156 g/mol. The third kappa shape index (κ3) is 1.50. The monoisotopic (exact) mass is 156 g/mol. The van der Waals surface area contributed by atoms with Crippen molar-refractivity contribution in [3.05, 3.63) is 0 Å². The highest BCUT2D eigenvalue weighted by molar-refractivity contribution is 5.99. The molecule has 1 aliphatic rings. The van der Waals surface area contributed by atoms with Crippen LogP contribution in [-0.4, -0.2) is 11.8 Å². The number of hydrogen-bond donors (Lipinski definition) is 2. The van der Waals surface area contributed by atoms with Gasteiger partial charge in [-0.3, -0.25) is 9.59 Å². The Morgan fingerprint density at radius 1 is 1.18 bits per heavy atom. The molecule has 4 heteroatoms. The van der Waals surface area contributed by atoms with Crippen LogP contribution in [0.4, 0.5) is 0 Å². The van der Waals surface area contributed by atoms with E-state index >= 15 is 0 Å². The van der Waals surface area contributed by atoms with E-state index in [9.17, 15) is 9.59 Å². The summed E-state index contributed by atoms with van der Waals surface area (Å²) >= 11 is 0. The lowest BCUT2D eigenvalue weighted by molar-refractivity contribution is -0.135. The number of carbonyl (C=O) groups is 2. The molecule has 0 bridgehead atoms. The van der Waals surface area contributed by atoms with E-state index in [0.717, 1.165) is 19.3 Å². The molecule has 0 unspecified atom stereocenters. The quantitative estimate of drug-likeness (QED) is 0.533. The summed E-state index contributed by atoms with van der Waals surface area (Å²) in [5.74, 6) is -1.78. The molecular weight excluding hydrogens is 144 g/mol. The van der Waals surface area contributed by atoms with Crippen LogP contribution < -0.4 is 11.5 Å². The molecule has 0 aromatic carbocycles. The highest BCUT2D eigenvalue weighted by Gasteiger charge is 2.35. The van der Waals surface area contributed by atoms with Crippen LogP contribution in [0, 0.1) is 11.8 Å². The van der Waals surface area contributed by atoms with E-state index in [1.54, 1.807) is 0 Å². The summed E-state index contributed by atoms with van der Waals surface area (Å²) < 4.78 is 0. The molecular formula is C7H12N2O2. The molecule has 0 aliphatic heterocycles. The Bertz CT molecular complexity index is 173. The Morgan fingerprint density at radius 3 is 1.73 bits per heavy atom. The maximum absolute atomic E-state index is 10.7. The molecule has 0 spiro atoms. The van der Waals surface area contributed by atoms with E-state index < -0.39 is 17.7 Å². The van der Waals surface area contributed by atoms with Gasteiger partial charge in [-0.15, -0.1) is 0 Å².